The van der Waals surface area contributed by atoms with E-state index in [1.54, 1.807) is 11.0 Å². The Kier molecular flexibility index (Phi) is 6.25. The lowest BCUT2D eigenvalue weighted by Gasteiger charge is -2.37. The lowest BCUT2D eigenvalue weighted by Crippen LogP contribution is -2.51. The highest BCUT2D eigenvalue weighted by Crippen LogP contribution is 2.25. The first-order chi connectivity index (χ1) is 13.3. The average molecular weight is 400 g/mol. The van der Waals surface area contributed by atoms with Crippen molar-refractivity contribution in [3.8, 4) is 0 Å². The molecular weight excluding hydrogens is 374 g/mol. The first kappa shape index (κ1) is 20.2. The monoisotopic (exact) mass is 399 g/mol. The maximum Gasteiger partial charge on any atom is 0.251 e. The van der Waals surface area contributed by atoms with Gasteiger partial charge in [-0.2, -0.15) is 0 Å². The first-order valence-corrected chi connectivity index (χ1v) is 9.87. The van der Waals surface area contributed by atoms with Crippen molar-refractivity contribution in [2.24, 2.45) is 0 Å². The predicted octanol–water partition coefficient (Wildman–Crippen LogP) is 3.34. The standard InChI is InChI=1S/C22H26ClN3O2/c1-15-4-6-18(12-17(15)3)22(28)24-14-21(27)26-10-8-25(9-11-26)20-13-19(23)7-5-16(20)2/h4-7,12-13H,8-11,14H2,1-3H3,(H,24,28). The summed E-state index contributed by atoms with van der Waals surface area (Å²) in [4.78, 5) is 28.8. The molecule has 6 heteroatoms. The molecule has 0 unspecified atom stereocenters. The van der Waals surface area contributed by atoms with Crippen LogP contribution < -0.4 is 10.2 Å². The molecule has 1 saturated heterocycles. The maximum absolute atomic E-state index is 12.5. The Labute approximate surface area is 171 Å². The number of carbonyl (C=O) groups excluding carboxylic acids is 2. The number of nitrogens with one attached hydrogen (secondary N) is 1. The van der Waals surface area contributed by atoms with Crippen LogP contribution in [0.3, 0.4) is 0 Å². The third-order valence-electron chi connectivity index (χ3n) is 5.31. The Morgan fingerprint density at radius 2 is 1.61 bits per heavy atom. The van der Waals surface area contributed by atoms with E-state index in [1.807, 2.05) is 44.2 Å². The van der Waals surface area contributed by atoms with E-state index in [-0.39, 0.29) is 18.4 Å². The second kappa shape index (κ2) is 8.65. The van der Waals surface area contributed by atoms with Crippen molar-refractivity contribution in [1.82, 2.24) is 10.2 Å². The van der Waals surface area contributed by atoms with Gasteiger partial charge in [-0.15, -0.1) is 0 Å². The van der Waals surface area contributed by atoms with E-state index in [1.165, 1.54) is 5.56 Å². The summed E-state index contributed by atoms with van der Waals surface area (Å²) in [6.07, 6.45) is 0. The molecule has 1 heterocycles. The van der Waals surface area contributed by atoms with Gasteiger partial charge < -0.3 is 15.1 Å². The molecule has 2 amide bonds. The number of carbonyl (C=O) groups is 2. The van der Waals surface area contributed by atoms with Gasteiger partial charge >= 0.3 is 0 Å². The van der Waals surface area contributed by atoms with Crippen molar-refractivity contribution in [3.05, 3.63) is 63.7 Å². The molecular formula is C22H26ClN3O2. The van der Waals surface area contributed by atoms with E-state index in [9.17, 15) is 9.59 Å². The van der Waals surface area contributed by atoms with Crippen LogP contribution in [0.1, 0.15) is 27.0 Å². The molecule has 0 radical (unpaired) electrons. The fraction of sp³-hybridized carbons (Fsp3) is 0.364. The van der Waals surface area contributed by atoms with Gasteiger partial charge in [0.05, 0.1) is 6.54 Å². The van der Waals surface area contributed by atoms with E-state index in [2.05, 4.69) is 17.1 Å². The zero-order valence-corrected chi connectivity index (χ0v) is 17.3. The number of hydrogen-bond acceptors (Lipinski definition) is 3. The largest absolute Gasteiger partial charge is 0.368 e. The van der Waals surface area contributed by atoms with Gasteiger partial charge in [-0.3, -0.25) is 9.59 Å². The van der Waals surface area contributed by atoms with Gasteiger partial charge in [-0.05, 0) is 61.7 Å². The van der Waals surface area contributed by atoms with Crippen LogP contribution in [-0.2, 0) is 4.79 Å². The Hall–Kier alpha value is -2.53. The Morgan fingerprint density at radius 1 is 0.929 bits per heavy atom. The topological polar surface area (TPSA) is 52.7 Å². The Bertz CT molecular complexity index is 889. The SMILES string of the molecule is Cc1ccc(C(=O)NCC(=O)N2CCN(c3cc(Cl)ccc3C)CC2)cc1C. The first-order valence-electron chi connectivity index (χ1n) is 9.49. The number of piperazine rings is 1. The van der Waals surface area contributed by atoms with Crippen molar-refractivity contribution in [1.29, 1.82) is 0 Å². The number of nitrogens with zero attached hydrogens (tertiary/aromatic N) is 2. The lowest BCUT2D eigenvalue weighted by atomic mass is 10.1. The van der Waals surface area contributed by atoms with Crippen molar-refractivity contribution in [2.75, 3.05) is 37.6 Å². The molecule has 2 aromatic carbocycles. The maximum atomic E-state index is 12.5. The summed E-state index contributed by atoms with van der Waals surface area (Å²) in [5.41, 5.74) is 5.07. The van der Waals surface area contributed by atoms with Crippen molar-refractivity contribution in [2.45, 2.75) is 20.8 Å². The van der Waals surface area contributed by atoms with Crippen molar-refractivity contribution < 1.29 is 9.59 Å². The molecule has 1 N–H and O–H groups in total. The van der Waals surface area contributed by atoms with Gasteiger partial charge in [0.25, 0.3) is 5.91 Å². The highest BCUT2D eigenvalue weighted by Gasteiger charge is 2.22. The zero-order valence-electron chi connectivity index (χ0n) is 16.6. The summed E-state index contributed by atoms with van der Waals surface area (Å²) >= 11 is 6.12. The number of anilines is 1. The molecule has 0 spiro atoms. The van der Waals surface area contributed by atoms with Crippen LogP contribution in [0.15, 0.2) is 36.4 Å². The number of benzene rings is 2. The highest BCUT2D eigenvalue weighted by atomic mass is 35.5. The molecule has 0 aliphatic carbocycles. The van der Waals surface area contributed by atoms with E-state index in [0.717, 1.165) is 29.9 Å². The molecule has 0 aromatic heterocycles. The molecule has 1 fully saturated rings. The molecule has 5 nitrogen and oxygen atoms in total. The number of hydrogen-bond donors (Lipinski definition) is 1. The molecule has 2 aromatic rings. The summed E-state index contributed by atoms with van der Waals surface area (Å²) in [7, 11) is 0. The molecule has 28 heavy (non-hydrogen) atoms. The Morgan fingerprint density at radius 3 is 2.29 bits per heavy atom. The van der Waals surface area contributed by atoms with Crippen LogP contribution in [0, 0.1) is 20.8 Å². The molecule has 3 rings (SSSR count). The van der Waals surface area contributed by atoms with Crippen LogP contribution >= 0.6 is 11.6 Å². The van der Waals surface area contributed by atoms with E-state index in [4.69, 9.17) is 11.6 Å². The number of amides is 2. The number of halogens is 1. The van der Waals surface area contributed by atoms with Crippen LogP contribution in [0.4, 0.5) is 5.69 Å². The van der Waals surface area contributed by atoms with Crippen LogP contribution in [0.5, 0.6) is 0 Å². The fourth-order valence-electron chi connectivity index (χ4n) is 3.37. The summed E-state index contributed by atoms with van der Waals surface area (Å²) in [6.45, 7) is 8.81. The minimum Gasteiger partial charge on any atom is -0.368 e. The van der Waals surface area contributed by atoms with E-state index < -0.39 is 0 Å². The molecule has 0 bridgehead atoms. The van der Waals surface area contributed by atoms with Gasteiger partial charge in [0.15, 0.2) is 0 Å². The van der Waals surface area contributed by atoms with E-state index in [0.29, 0.717) is 23.7 Å². The predicted molar refractivity (Wildman–Crippen MR) is 113 cm³/mol. The third-order valence-corrected chi connectivity index (χ3v) is 5.55. The zero-order chi connectivity index (χ0) is 20.3. The summed E-state index contributed by atoms with van der Waals surface area (Å²) in [6, 6.07) is 11.4. The van der Waals surface area contributed by atoms with Crippen molar-refractivity contribution >= 4 is 29.1 Å². The van der Waals surface area contributed by atoms with E-state index >= 15 is 0 Å². The van der Waals surface area contributed by atoms with Gasteiger partial charge in [-0.25, -0.2) is 0 Å². The summed E-state index contributed by atoms with van der Waals surface area (Å²) in [5.74, 6) is -0.274. The number of rotatable bonds is 4. The van der Waals surface area contributed by atoms with Crippen molar-refractivity contribution in [3.63, 3.8) is 0 Å². The van der Waals surface area contributed by atoms with Crippen LogP contribution in [0.2, 0.25) is 5.02 Å². The second-order valence-electron chi connectivity index (χ2n) is 7.28. The number of aryl methyl sites for hydroxylation is 3. The highest BCUT2D eigenvalue weighted by molar-refractivity contribution is 6.30. The van der Waals surface area contributed by atoms with Crippen LogP contribution in [0.25, 0.3) is 0 Å². The normalized spacial score (nSPS) is 14.1. The summed E-state index contributed by atoms with van der Waals surface area (Å²) < 4.78 is 0. The quantitative estimate of drug-likeness (QED) is 0.857. The Balaban J connectivity index is 1.52. The minimum absolute atomic E-state index is 0.0158. The third kappa shape index (κ3) is 4.65. The average Bonchev–Trinajstić information content (AvgIpc) is 2.70. The molecule has 1 aliphatic rings. The molecule has 1 aliphatic heterocycles. The smallest absolute Gasteiger partial charge is 0.251 e. The molecule has 0 atom stereocenters. The fourth-order valence-corrected chi connectivity index (χ4v) is 3.54. The van der Waals surface area contributed by atoms with Gasteiger partial charge in [0.2, 0.25) is 5.91 Å². The second-order valence-corrected chi connectivity index (χ2v) is 7.72. The van der Waals surface area contributed by atoms with Gasteiger partial charge in [0, 0.05) is 42.5 Å². The molecule has 0 saturated carbocycles. The lowest BCUT2D eigenvalue weighted by molar-refractivity contribution is -0.130. The van der Waals surface area contributed by atoms with Crippen LogP contribution in [-0.4, -0.2) is 49.4 Å². The molecule has 148 valence electrons. The van der Waals surface area contributed by atoms with Gasteiger partial charge in [0.1, 0.15) is 0 Å². The minimum atomic E-state index is -0.218. The summed E-state index contributed by atoms with van der Waals surface area (Å²) in [5, 5.41) is 3.46. The van der Waals surface area contributed by atoms with Gasteiger partial charge in [-0.1, -0.05) is 23.7 Å².